The summed E-state index contributed by atoms with van der Waals surface area (Å²) in [5, 5.41) is 12.7. The second-order valence-corrected chi connectivity index (χ2v) is 8.55. The fraction of sp³-hybridized carbons (Fsp3) is 0.310. The fourth-order valence-electron chi connectivity index (χ4n) is 3.95. The number of carbonyl (C=O) groups is 1. The van der Waals surface area contributed by atoms with Crippen LogP contribution >= 0.6 is 0 Å². The monoisotopic (exact) mass is 473 g/mol. The summed E-state index contributed by atoms with van der Waals surface area (Å²) in [6.45, 7) is 6.25. The van der Waals surface area contributed by atoms with E-state index >= 15 is 0 Å². The van der Waals surface area contributed by atoms with E-state index in [9.17, 15) is 4.79 Å². The number of aliphatic hydroxyl groups is 1. The predicted octanol–water partition coefficient (Wildman–Crippen LogP) is 5.43. The van der Waals surface area contributed by atoms with E-state index in [1.807, 2.05) is 58.2 Å². The van der Waals surface area contributed by atoms with Crippen molar-refractivity contribution in [2.24, 2.45) is 7.05 Å². The summed E-state index contributed by atoms with van der Waals surface area (Å²) >= 11 is 0. The van der Waals surface area contributed by atoms with E-state index in [1.54, 1.807) is 10.9 Å². The van der Waals surface area contributed by atoms with E-state index in [0.717, 1.165) is 46.2 Å². The van der Waals surface area contributed by atoms with E-state index in [2.05, 4.69) is 41.5 Å². The fourth-order valence-corrected chi connectivity index (χ4v) is 3.95. The first-order valence-corrected chi connectivity index (χ1v) is 11.9. The summed E-state index contributed by atoms with van der Waals surface area (Å²) in [4.78, 5) is 12.2. The number of carbonyl (C=O) groups excluding carboxylic acids is 1. The number of ether oxygens (including phenoxy) is 1. The van der Waals surface area contributed by atoms with E-state index in [0.29, 0.717) is 12.4 Å². The van der Waals surface area contributed by atoms with Gasteiger partial charge in [0.2, 0.25) is 0 Å². The Hall–Kier alpha value is -3.64. The molecule has 1 aromatic heterocycles. The van der Waals surface area contributed by atoms with Crippen LogP contribution in [0, 0.1) is 0 Å². The molecule has 0 radical (unpaired) electrons. The number of nitrogens with zero attached hydrogens (tertiary/aromatic N) is 2. The minimum absolute atomic E-state index is 0.101. The molecule has 35 heavy (non-hydrogen) atoms. The molecule has 0 bridgehead atoms. The summed E-state index contributed by atoms with van der Waals surface area (Å²) in [5.41, 5.74) is 11.9. The third-order valence-corrected chi connectivity index (χ3v) is 6.30. The van der Waals surface area contributed by atoms with E-state index in [-0.39, 0.29) is 12.6 Å². The third-order valence-electron chi connectivity index (χ3n) is 6.30. The van der Waals surface area contributed by atoms with Crippen LogP contribution in [0.4, 0.5) is 5.82 Å². The second-order valence-electron chi connectivity index (χ2n) is 8.55. The van der Waals surface area contributed by atoms with Gasteiger partial charge in [-0.1, -0.05) is 66.8 Å². The first-order valence-electron chi connectivity index (χ1n) is 11.9. The summed E-state index contributed by atoms with van der Waals surface area (Å²) in [5.74, 6) is 0.553. The van der Waals surface area contributed by atoms with Crippen LogP contribution in [-0.2, 0) is 22.0 Å². The van der Waals surface area contributed by atoms with Gasteiger partial charge in [0.1, 0.15) is 5.82 Å². The van der Waals surface area contributed by atoms with Gasteiger partial charge in [0.15, 0.2) is 0 Å². The molecule has 2 aromatic carbocycles. The lowest BCUT2D eigenvalue weighted by atomic mass is 9.93. The van der Waals surface area contributed by atoms with Crippen molar-refractivity contribution in [2.45, 2.75) is 39.0 Å². The van der Waals surface area contributed by atoms with Gasteiger partial charge in [-0.05, 0) is 61.4 Å². The molecule has 0 aliphatic heterocycles. The Balaban J connectivity index is 0.000000371. The Morgan fingerprint density at radius 2 is 1.66 bits per heavy atom. The van der Waals surface area contributed by atoms with Gasteiger partial charge in [0, 0.05) is 12.6 Å². The van der Waals surface area contributed by atoms with Gasteiger partial charge in [-0.2, -0.15) is 5.10 Å². The first-order chi connectivity index (χ1) is 16.9. The highest BCUT2D eigenvalue weighted by Crippen LogP contribution is 2.49. The Bertz CT molecular complexity index is 1180. The van der Waals surface area contributed by atoms with Crippen LogP contribution in [0.2, 0.25) is 0 Å². The van der Waals surface area contributed by atoms with Gasteiger partial charge in [0.05, 0.1) is 24.8 Å². The molecule has 1 heterocycles. The number of anilines is 1. The van der Waals surface area contributed by atoms with Crippen LogP contribution in [-0.4, -0.2) is 34.1 Å². The molecule has 4 rings (SSSR count). The van der Waals surface area contributed by atoms with Crippen LogP contribution in [0.3, 0.4) is 0 Å². The Morgan fingerprint density at radius 3 is 2.06 bits per heavy atom. The topological polar surface area (TPSA) is 90.4 Å². The number of rotatable bonds is 7. The number of hydrogen-bond donors (Lipinski definition) is 2. The number of allylic oxidation sites excluding steroid dienone is 2. The molecule has 1 aliphatic rings. The van der Waals surface area contributed by atoms with Crippen molar-refractivity contribution in [1.82, 2.24) is 9.78 Å². The Labute approximate surface area is 207 Å². The number of nitrogen functional groups attached to an aromatic ring is 1. The lowest BCUT2D eigenvalue weighted by molar-refractivity contribution is -0.146. The predicted molar refractivity (Wildman–Crippen MR) is 142 cm³/mol. The molecule has 1 saturated carbocycles. The number of benzene rings is 2. The zero-order valence-corrected chi connectivity index (χ0v) is 21.0. The maximum Gasteiger partial charge on any atom is 0.316 e. The second kappa shape index (κ2) is 11.7. The molecule has 1 fully saturated rings. The molecule has 0 spiro atoms. The van der Waals surface area contributed by atoms with Crippen molar-refractivity contribution in [2.75, 3.05) is 18.9 Å². The highest BCUT2D eigenvalue weighted by atomic mass is 16.5. The molecular weight excluding hydrogens is 438 g/mol. The average molecular weight is 474 g/mol. The van der Waals surface area contributed by atoms with Crippen molar-refractivity contribution in [1.29, 1.82) is 0 Å². The summed E-state index contributed by atoms with van der Waals surface area (Å²) in [6.07, 6.45) is 9.20. The van der Waals surface area contributed by atoms with Crippen LogP contribution in [0.5, 0.6) is 0 Å². The van der Waals surface area contributed by atoms with Crippen molar-refractivity contribution >= 4 is 11.8 Å². The van der Waals surface area contributed by atoms with Crippen molar-refractivity contribution in [3.05, 3.63) is 84.1 Å². The number of aromatic nitrogens is 2. The lowest BCUT2D eigenvalue weighted by Gasteiger charge is -2.14. The van der Waals surface area contributed by atoms with Gasteiger partial charge in [-0.15, -0.1) is 0 Å². The largest absolute Gasteiger partial charge is 0.465 e. The molecule has 3 N–H and O–H groups in total. The van der Waals surface area contributed by atoms with Crippen LogP contribution < -0.4 is 5.73 Å². The summed E-state index contributed by atoms with van der Waals surface area (Å²) in [7, 11) is 1.83. The summed E-state index contributed by atoms with van der Waals surface area (Å²) in [6, 6.07) is 16.5. The molecular formula is C29H35N3O3. The Morgan fingerprint density at radius 1 is 1.09 bits per heavy atom. The van der Waals surface area contributed by atoms with Crippen LogP contribution in [0.1, 0.15) is 39.2 Å². The van der Waals surface area contributed by atoms with Crippen molar-refractivity contribution in [3.8, 4) is 22.3 Å². The minimum Gasteiger partial charge on any atom is -0.465 e. The molecule has 0 amide bonds. The zero-order chi connectivity index (χ0) is 25.4. The third kappa shape index (κ3) is 5.89. The average Bonchev–Trinajstić information content (AvgIpc) is 3.64. The number of nitrogens with two attached hydrogens (primary N) is 1. The molecule has 0 atom stereocenters. The number of esters is 1. The molecule has 184 valence electrons. The molecule has 0 saturated heterocycles. The first kappa shape index (κ1) is 26.0. The molecule has 6 heteroatoms. The van der Waals surface area contributed by atoms with E-state index in [1.165, 1.54) is 0 Å². The van der Waals surface area contributed by atoms with Crippen molar-refractivity contribution in [3.63, 3.8) is 0 Å². The van der Waals surface area contributed by atoms with E-state index in [4.69, 9.17) is 15.6 Å². The number of aliphatic hydroxyl groups excluding tert-OH is 1. The van der Waals surface area contributed by atoms with Gasteiger partial charge in [-0.25, -0.2) is 0 Å². The minimum atomic E-state index is -0.420. The van der Waals surface area contributed by atoms with Gasteiger partial charge in [-0.3, -0.25) is 9.48 Å². The van der Waals surface area contributed by atoms with Crippen molar-refractivity contribution < 1.29 is 14.6 Å². The zero-order valence-electron chi connectivity index (χ0n) is 21.0. The van der Waals surface area contributed by atoms with E-state index < -0.39 is 5.41 Å². The smallest absolute Gasteiger partial charge is 0.316 e. The van der Waals surface area contributed by atoms with Gasteiger partial charge >= 0.3 is 5.97 Å². The normalized spacial score (nSPS) is 14.4. The maximum absolute atomic E-state index is 12.2. The molecule has 6 nitrogen and oxygen atoms in total. The highest BCUT2D eigenvalue weighted by Gasteiger charge is 2.52. The molecule has 0 unspecified atom stereocenters. The molecule has 1 aliphatic carbocycles. The van der Waals surface area contributed by atoms with Gasteiger partial charge < -0.3 is 15.6 Å². The highest BCUT2D eigenvalue weighted by molar-refractivity contribution is 5.87. The lowest BCUT2D eigenvalue weighted by Crippen LogP contribution is -2.23. The standard InChI is InChI=1S/C22H23N3O2.C7H12O/c1-3-27-21(26)22(12-13-22)18-10-8-16(9-11-18)15-4-6-17(7-5-15)19-14-24-25(2)20(19)23;1-3-5-7(4-2)6-8/h4-11,14H,3,12-13,23H2,1-2H3;3-5,8H,6H2,1-2H3/b;5-3-,7-4+. The molecule has 3 aromatic rings. The number of hydrogen-bond acceptors (Lipinski definition) is 5. The summed E-state index contributed by atoms with van der Waals surface area (Å²) < 4.78 is 6.91. The Kier molecular flexibility index (Phi) is 8.66. The quantitative estimate of drug-likeness (QED) is 0.353. The van der Waals surface area contributed by atoms with Crippen LogP contribution in [0.15, 0.2) is 78.5 Å². The maximum atomic E-state index is 12.2. The van der Waals surface area contributed by atoms with Crippen LogP contribution in [0.25, 0.3) is 22.3 Å². The SMILES string of the molecule is C/C=C\C(=C/C)CO.CCOC(=O)C1(c2ccc(-c3ccc(-c4cnn(C)c4N)cc3)cc2)CC1. The van der Waals surface area contributed by atoms with Gasteiger partial charge in [0.25, 0.3) is 0 Å². The number of aryl methyl sites for hydroxylation is 1.